The van der Waals surface area contributed by atoms with Crippen molar-refractivity contribution in [3.63, 3.8) is 0 Å². The highest BCUT2D eigenvalue weighted by Gasteiger charge is 2.10. The third-order valence-corrected chi connectivity index (χ3v) is 2.48. The van der Waals surface area contributed by atoms with E-state index >= 15 is 0 Å². The van der Waals surface area contributed by atoms with Crippen molar-refractivity contribution in [2.24, 2.45) is 0 Å². The van der Waals surface area contributed by atoms with Gasteiger partial charge in [-0.15, -0.1) is 0 Å². The van der Waals surface area contributed by atoms with Gasteiger partial charge in [0.25, 0.3) is 0 Å². The van der Waals surface area contributed by atoms with Crippen molar-refractivity contribution in [2.75, 3.05) is 27.4 Å². The van der Waals surface area contributed by atoms with Gasteiger partial charge in [-0.2, -0.15) is 0 Å². The van der Waals surface area contributed by atoms with Gasteiger partial charge in [0.05, 0.1) is 25.4 Å². The van der Waals surface area contributed by atoms with E-state index in [-0.39, 0.29) is 12.6 Å². The molecule has 1 rings (SSSR count). The van der Waals surface area contributed by atoms with Crippen LogP contribution in [0.15, 0.2) is 24.3 Å². The van der Waals surface area contributed by atoms with E-state index in [0.717, 1.165) is 5.56 Å². The lowest BCUT2D eigenvalue weighted by atomic mass is 10.1. The van der Waals surface area contributed by atoms with Crippen molar-refractivity contribution in [1.82, 2.24) is 5.32 Å². The smallest absolute Gasteiger partial charge is 0.338 e. The zero-order valence-electron chi connectivity index (χ0n) is 10.7. The quantitative estimate of drug-likeness (QED) is 0.695. The summed E-state index contributed by atoms with van der Waals surface area (Å²) in [5.41, 5.74) is 1.38. The first-order chi connectivity index (χ1) is 8.69. The number of hydrogen-bond acceptors (Lipinski definition) is 5. The molecule has 2 N–H and O–H groups in total. The third kappa shape index (κ3) is 4.44. The molecule has 1 unspecified atom stereocenters. The van der Waals surface area contributed by atoms with Gasteiger partial charge >= 0.3 is 5.97 Å². The number of ether oxygens (including phenoxy) is 2. The summed E-state index contributed by atoms with van der Waals surface area (Å²) in [5.74, 6) is -0.357. The number of hydrogen-bond donors (Lipinski definition) is 2. The van der Waals surface area contributed by atoms with Gasteiger partial charge in [-0.1, -0.05) is 18.2 Å². The van der Waals surface area contributed by atoms with Crippen molar-refractivity contribution < 1.29 is 19.4 Å². The molecule has 5 nitrogen and oxygen atoms in total. The molecule has 0 radical (unpaired) electrons. The van der Waals surface area contributed by atoms with E-state index < -0.39 is 6.10 Å². The maximum Gasteiger partial charge on any atom is 0.338 e. The van der Waals surface area contributed by atoms with Crippen molar-refractivity contribution in [3.8, 4) is 0 Å². The molecule has 0 saturated heterocycles. The van der Waals surface area contributed by atoms with Gasteiger partial charge in [0.1, 0.15) is 0 Å². The Hall–Kier alpha value is -1.43. The molecule has 0 bridgehead atoms. The molecule has 0 aliphatic heterocycles. The Labute approximate surface area is 107 Å². The number of methoxy groups -OCH3 is 2. The second-order valence-electron chi connectivity index (χ2n) is 3.89. The molecule has 100 valence electrons. The number of aliphatic hydroxyl groups is 1. The molecule has 0 heterocycles. The van der Waals surface area contributed by atoms with Gasteiger partial charge in [0.15, 0.2) is 0 Å². The second-order valence-corrected chi connectivity index (χ2v) is 3.89. The molecule has 0 fully saturated rings. The number of carbonyl (C=O) groups excluding carboxylic acids is 1. The normalized spacial score (nSPS) is 12.2. The number of rotatable bonds is 7. The summed E-state index contributed by atoms with van der Waals surface area (Å²) >= 11 is 0. The molecule has 0 amide bonds. The summed E-state index contributed by atoms with van der Waals surface area (Å²) in [6, 6.07) is 7.21. The highest BCUT2D eigenvalue weighted by atomic mass is 16.5. The van der Waals surface area contributed by atoms with Crippen LogP contribution in [-0.2, 0) is 16.0 Å². The summed E-state index contributed by atoms with van der Waals surface area (Å²) in [4.78, 5) is 11.5. The summed E-state index contributed by atoms with van der Waals surface area (Å²) < 4.78 is 9.53. The number of esters is 1. The molecule has 0 aromatic heterocycles. The first-order valence-electron chi connectivity index (χ1n) is 5.73. The van der Waals surface area contributed by atoms with Crippen LogP contribution in [0.4, 0.5) is 0 Å². The summed E-state index contributed by atoms with van der Waals surface area (Å²) in [6.07, 6.45) is -0.555. The molecule has 18 heavy (non-hydrogen) atoms. The summed E-state index contributed by atoms with van der Waals surface area (Å²) in [6.45, 7) is 1.18. The Morgan fingerprint density at radius 1 is 1.39 bits per heavy atom. The SMILES string of the molecule is COCC(O)CNCc1ccccc1C(=O)OC. The van der Waals surface area contributed by atoms with Crippen molar-refractivity contribution in [2.45, 2.75) is 12.6 Å². The number of nitrogens with one attached hydrogen (secondary N) is 1. The summed E-state index contributed by atoms with van der Waals surface area (Å²) in [7, 11) is 2.89. The van der Waals surface area contributed by atoms with E-state index in [1.54, 1.807) is 12.1 Å². The van der Waals surface area contributed by atoms with Gasteiger partial charge in [-0.3, -0.25) is 0 Å². The lowest BCUT2D eigenvalue weighted by Crippen LogP contribution is -2.30. The number of aliphatic hydroxyl groups excluding tert-OH is 1. The molecule has 0 saturated carbocycles. The Kier molecular flexibility index (Phi) is 6.35. The standard InChI is InChI=1S/C13H19NO4/c1-17-9-11(15)8-14-7-10-5-3-4-6-12(10)13(16)18-2/h3-6,11,14-15H,7-9H2,1-2H3. The van der Waals surface area contributed by atoms with Crippen LogP contribution in [-0.4, -0.2) is 44.6 Å². The van der Waals surface area contributed by atoms with E-state index in [2.05, 4.69) is 5.32 Å². The van der Waals surface area contributed by atoms with Crippen molar-refractivity contribution >= 4 is 5.97 Å². The van der Waals surface area contributed by atoms with Gasteiger partial charge in [-0.25, -0.2) is 4.79 Å². The maximum absolute atomic E-state index is 11.5. The topological polar surface area (TPSA) is 67.8 Å². The Balaban J connectivity index is 2.54. The van der Waals surface area contributed by atoms with Crippen LogP contribution in [0.25, 0.3) is 0 Å². The molecule has 0 spiro atoms. The average molecular weight is 253 g/mol. The van der Waals surface area contributed by atoms with E-state index in [9.17, 15) is 9.90 Å². The highest BCUT2D eigenvalue weighted by molar-refractivity contribution is 5.90. The molecule has 1 aromatic carbocycles. The summed E-state index contributed by atoms with van der Waals surface area (Å²) in [5, 5.41) is 12.5. The van der Waals surface area contributed by atoms with Crippen LogP contribution in [0.5, 0.6) is 0 Å². The van der Waals surface area contributed by atoms with Crippen LogP contribution in [0.1, 0.15) is 15.9 Å². The number of carbonyl (C=O) groups is 1. The minimum absolute atomic E-state index is 0.283. The Morgan fingerprint density at radius 3 is 2.78 bits per heavy atom. The molecule has 1 atom stereocenters. The molecular formula is C13H19NO4. The molecular weight excluding hydrogens is 234 g/mol. The minimum Gasteiger partial charge on any atom is -0.465 e. The second kappa shape index (κ2) is 7.81. The molecule has 5 heteroatoms. The molecule has 0 aliphatic carbocycles. The van der Waals surface area contributed by atoms with E-state index in [4.69, 9.17) is 9.47 Å². The van der Waals surface area contributed by atoms with Crippen molar-refractivity contribution in [1.29, 1.82) is 0 Å². The predicted octanol–water partition coefficient (Wildman–Crippen LogP) is 0.570. The van der Waals surface area contributed by atoms with Crippen LogP contribution in [0, 0.1) is 0 Å². The van der Waals surface area contributed by atoms with E-state index in [1.807, 2.05) is 12.1 Å². The highest BCUT2D eigenvalue weighted by Crippen LogP contribution is 2.09. The van der Waals surface area contributed by atoms with Crippen LogP contribution in [0.3, 0.4) is 0 Å². The first-order valence-corrected chi connectivity index (χ1v) is 5.73. The third-order valence-electron chi connectivity index (χ3n) is 2.48. The zero-order chi connectivity index (χ0) is 13.4. The average Bonchev–Trinajstić information content (AvgIpc) is 2.39. The van der Waals surface area contributed by atoms with E-state index in [1.165, 1.54) is 14.2 Å². The molecule has 0 aliphatic rings. The van der Waals surface area contributed by atoms with Crippen LogP contribution in [0.2, 0.25) is 0 Å². The Bertz CT molecular complexity index is 381. The maximum atomic E-state index is 11.5. The first kappa shape index (κ1) is 14.6. The monoisotopic (exact) mass is 253 g/mol. The Morgan fingerprint density at radius 2 is 2.11 bits per heavy atom. The van der Waals surface area contributed by atoms with Gasteiger partial charge < -0.3 is 19.9 Å². The zero-order valence-corrected chi connectivity index (χ0v) is 10.7. The molecule has 1 aromatic rings. The van der Waals surface area contributed by atoms with Gasteiger partial charge in [0.2, 0.25) is 0 Å². The van der Waals surface area contributed by atoms with Gasteiger partial charge in [-0.05, 0) is 11.6 Å². The lowest BCUT2D eigenvalue weighted by Gasteiger charge is -2.12. The van der Waals surface area contributed by atoms with E-state index in [0.29, 0.717) is 18.7 Å². The fourth-order valence-electron chi connectivity index (χ4n) is 1.61. The van der Waals surface area contributed by atoms with Crippen molar-refractivity contribution in [3.05, 3.63) is 35.4 Å². The van der Waals surface area contributed by atoms with Crippen LogP contribution < -0.4 is 5.32 Å². The minimum atomic E-state index is -0.555. The lowest BCUT2D eigenvalue weighted by molar-refractivity contribution is 0.0598. The largest absolute Gasteiger partial charge is 0.465 e. The predicted molar refractivity (Wildman–Crippen MR) is 67.4 cm³/mol. The number of benzene rings is 1. The fourth-order valence-corrected chi connectivity index (χ4v) is 1.61. The van der Waals surface area contributed by atoms with Gasteiger partial charge in [0, 0.05) is 20.2 Å². The van der Waals surface area contributed by atoms with Crippen LogP contribution >= 0.6 is 0 Å². The fraction of sp³-hybridized carbons (Fsp3) is 0.462.